The molecular formula is C34H44N6O3. The van der Waals surface area contributed by atoms with Gasteiger partial charge in [0.25, 0.3) is 0 Å². The number of rotatable bonds is 17. The molecule has 9 nitrogen and oxygen atoms in total. The Morgan fingerprint density at radius 2 is 0.884 bits per heavy atom. The Morgan fingerprint density at radius 1 is 0.535 bits per heavy atom. The van der Waals surface area contributed by atoms with E-state index in [0.717, 1.165) is 38.5 Å². The van der Waals surface area contributed by atoms with Crippen LogP contribution in [0, 0.1) is 5.41 Å². The Labute approximate surface area is 254 Å². The summed E-state index contributed by atoms with van der Waals surface area (Å²) in [6.45, 7) is 4.50. The topological polar surface area (TPSA) is 123 Å². The SMILES string of the molecule is C=CCCCCCCCC(CNC(=O)Nc1ccccc1)(CNC(=O)Nc1ccccc1)CNC(=O)Nc1ccccc1. The summed E-state index contributed by atoms with van der Waals surface area (Å²) in [7, 11) is 0. The summed E-state index contributed by atoms with van der Waals surface area (Å²) in [5, 5.41) is 17.5. The summed E-state index contributed by atoms with van der Waals surface area (Å²) in [5.74, 6) is 0. The predicted molar refractivity (Wildman–Crippen MR) is 175 cm³/mol. The zero-order chi connectivity index (χ0) is 30.6. The normalized spacial score (nSPS) is 10.7. The quantitative estimate of drug-likeness (QED) is 0.0734. The van der Waals surface area contributed by atoms with Crippen molar-refractivity contribution in [3.05, 3.63) is 104 Å². The van der Waals surface area contributed by atoms with Crippen LogP contribution in [0.1, 0.15) is 44.9 Å². The molecule has 6 N–H and O–H groups in total. The van der Waals surface area contributed by atoms with Gasteiger partial charge in [0.05, 0.1) is 0 Å². The average molecular weight is 585 g/mol. The number of allylic oxidation sites excluding steroid dienone is 1. The maximum atomic E-state index is 12.9. The van der Waals surface area contributed by atoms with Crippen LogP contribution in [0.3, 0.4) is 0 Å². The molecule has 0 atom stereocenters. The van der Waals surface area contributed by atoms with E-state index in [1.54, 1.807) is 0 Å². The Balaban J connectivity index is 1.71. The maximum Gasteiger partial charge on any atom is 0.319 e. The minimum atomic E-state index is -0.656. The molecule has 43 heavy (non-hydrogen) atoms. The monoisotopic (exact) mass is 584 g/mol. The van der Waals surface area contributed by atoms with E-state index in [-0.39, 0.29) is 37.7 Å². The number of para-hydroxylation sites is 3. The molecule has 6 amide bonds. The van der Waals surface area contributed by atoms with Crippen molar-refractivity contribution in [3.63, 3.8) is 0 Å². The first kappa shape index (κ1) is 32.7. The van der Waals surface area contributed by atoms with E-state index in [4.69, 9.17) is 0 Å². The number of carbonyl (C=O) groups excluding carboxylic acids is 3. The van der Waals surface area contributed by atoms with Crippen molar-refractivity contribution in [3.8, 4) is 0 Å². The molecule has 3 rings (SSSR count). The van der Waals surface area contributed by atoms with E-state index in [1.807, 2.05) is 97.1 Å². The molecular weight excluding hydrogens is 540 g/mol. The first-order chi connectivity index (χ1) is 21.0. The van der Waals surface area contributed by atoms with Gasteiger partial charge in [0.1, 0.15) is 0 Å². The average Bonchev–Trinajstić information content (AvgIpc) is 3.02. The molecule has 0 aromatic heterocycles. The van der Waals surface area contributed by atoms with E-state index >= 15 is 0 Å². The molecule has 0 aliphatic heterocycles. The Bertz CT molecular complexity index is 1120. The van der Waals surface area contributed by atoms with Crippen molar-refractivity contribution in [1.29, 1.82) is 0 Å². The van der Waals surface area contributed by atoms with Gasteiger partial charge in [-0.15, -0.1) is 6.58 Å². The largest absolute Gasteiger partial charge is 0.337 e. The summed E-state index contributed by atoms with van der Waals surface area (Å²) in [6, 6.07) is 26.5. The lowest BCUT2D eigenvalue weighted by Gasteiger charge is -2.35. The second kappa shape index (κ2) is 18.6. The highest BCUT2D eigenvalue weighted by Crippen LogP contribution is 2.25. The van der Waals surface area contributed by atoms with Crippen molar-refractivity contribution in [2.24, 2.45) is 5.41 Å². The third kappa shape index (κ3) is 13.2. The summed E-state index contributed by atoms with van der Waals surface area (Å²) in [6.07, 6.45) is 8.81. The van der Waals surface area contributed by atoms with Crippen LogP contribution in [-0.2, 0) is 0 Å². The molecule has 0 aliphatic rings. The fraction of sp³-hybridized carbons (Fsp3) is 0.324. The van der Waals surface area contributed by atoms with Crippen molar-refractivity contribution < 1.29 is 14.4 Å². The first-order valence-electron chi connectivity index (χ1n) is 14.9. The minimum Gasteiger partial charge on any atom is -0.337 e. The minimum absolute atomic E-state index is 0.235. The number of amides is 6. The van der Waals surface area contributed by atoms with Gasteiger partial charge in [0, 0.05) is 42.1 Å². The molecule has 0 heterocycles. The van der Waals surface area contributed by atoms with Gasteiger partial charge >= 0.3 is 18.1 Å². The molecule has 9 heteroatoms. The van der Waals surface area contributed by atoms with Crippen LogP contribution in [0.2, 0.25) is 0 Å². The number of anilines is 3. The third-order valence-electron chi connectivity index (χ3n) is 7.08. The summed E-state index contributed by atoms with van der Waals surface area (Å²) < 4.78 is 0. The van der Waals surface area contributed by atoms with Crippen molar-refractivity contribution in [2.45, 2.75) is 44.9 Å². The summed E-state index contributed by atoms with van der Waals surface area (Å²) in [5.41, 5.74) is 1.36. The standard InChI is InChI=1S/C34H44N6O3/c1-2-3-4-5-6-7-17-24-34(25-35-31(41)38-28-18-11-8-12-19-28,26-36-32(42)39-29-20-13-9-14-21-29)27-37-33(43)40-30-22-15-10-16-23-30/h2,8-16,18-23H,1,3-7,17,24-27H2,(H2,35,38,41)(H2,36,39,42)(H2,37,40,43). The molecule has 0 bridgehead atoms. The third-order valence-corrected chi connectivity index (χ3v) is 7.08. The molecule has 0 saturated carbocycles. The highest BCUT2D eigenvalue weighted by Gasteiger charge is 2.32. The van der Waals surface area contributed by atoms with Gasteiger partial charge in [-0.25, -0.2) is 14.4 Å². The fourth-order valence-corrected chi connectivity index (χ4v) is 4.67. The van der Waals surface area contributed by atoms with Gasteiger partial charge in [-0.2, -0.15) is 0 Å². The molecule has 0 spiro atoms. The van der Waals surface area contributed by atoms with Crippen molar-refractivity contribution in [1.82, 2.24) is 16.0 Å². The van der Waals surface area contributed by atoms with E-state index < -0.39 is 5.41 Å². The van der Waals surface area contributed by atoms with Gasteiger partial charge < -0.3 is 31.9 Å². The number of urea groups is 3. The molecule has 0 radical (unpaired) electrons. The van der Waals surface area contributed by atoms with Crippen LogP contribution in [0.5, 0.6) is 0 Å². The Morgan fingerprint density at radius 3 is 1.26 bits per heavy atom. The van der Waals surface area contributed by atoms with Gasteiger partial charge in [-0.05, 0) is 55.7 Å². The zero-order valence-electron chi connectivity index (χ0n) is 24.7. The van der Waals surface area contributed by atoms with Crippen LogP contribution >= 0.6 is 0 Å². The van der Waals surface area contributed by atoms with Crippen LogP contribution in [0.25, 0.3) is 0 Å². The van der Waals surface area contributed by atoms with E-state index in [1.165, 1.54) is 0 Å². The predicted octanol–water partition coefficient (Wildman–Crippen LogP) is 7.35. The molecule has 3 aromatic rings. The number of unbranched alkanes of at least 4 members (excludes halogenated alkanes) is 5. The first-order valence-corrected chi connectivity index (χ1v) is 14.9. The second-order valence-electron chi connectivity index (χ2n) is 10.6. The molecule has 0 fully saturated rings. The van der Waals surface area contributed by atoms with Gasteiger partial charge in [-0.3, -0.25) is 0 Å². The number of nitrogens with one attached hydrogen (secondary N) is 6. The Hall–Kier alpha value is -4.79. The van der Waals surface area contributed by atoms with Gasteiger partial charge in [0.15, 0.2) is 0 Å². The van der Waals surface area contributed by atoms with Crippen LogP contribution in [-0.4, -0.2) is 37.7 Å². The van der Waals surface area contributed by atoms with E-state index in [0.29, 0.717) is 23.5 Å². The fourth-order valence-electron chi connectivity index (χ4n) is 4.67. The maximum absolute atomic E-state index is 12.9. The molecule has 0 aliphatic carbocycles. The lowest BCUT2D eigenvalue weighted by molar-refractivity contribution is 0.206. The van der Waals surface area contributed by atoms with Crippen LogP contribution in [0.4, 0.5) is 31.4 Å². The lowest BCUT2D eigenvalue weighted by atomic mass is 9.81. The van der Waals surface area contributed by atoms with Crippen LogP contribution < -0.4 is 31.9 Å². The molecule has 3 aromatic carbocycles. The number of hydrogen-bond acceptors (Lipinski definition) is 3. The number of benzene rings is 3. The highest BCUT2D eigenvalue weighted by molar-refractivity contribution is 5.90. The van der Waals surface area contributed by atoms with E-state index in [9.17, 15) is 14.4 Å². The second-order valence-corrected chi connectivity index (χ2v) is 10.6. The van der Waals surface area contributed by atoms with Crippen molar-refractivity contribution in [2.75, 3.05) is 35.6 Å². The number of hydrogen-bond donors (Lipinski definition) is 6. The van der Waals surface area contributed by atoms with E-state index in [2.05, 4.69) is 38.5 Å². The van der Waals surface area contributed by atoms with Crippen molar-refractivity contribution >= 4 is 35.2 Å². The van der Waals surface area contributed by atoms with Crippen LogP contribution in [0.15, 0.2) is 104 Å². The molecule has 0 saturated heterocycles. The summed E-state index contributed by atoms with van der Waals surface area (Å²) >= 11 is 0. The highest BCUT2D eigenvalue weighted by atomic mass is 16.2. The summed E-state index contributed by atoms with van der Waals surface area (Å²) in [4.78, 5) is 38.6. The zero-order valence-corrected chi connectivity index (χ0v) is 24.7. The molecule has 228 valence electrons. The number of carbonyl (C=O) groups is 3. The van der Waals surface area contributed by atoms with Gasteiger partial charge in [0.2, 0.25) is 0 Å². The Kier molecular flexibility index (Phi) is 14.2. The van der Waals surface area contributed by atoms with Gasteiger partial charge in [-0.1, -0.05) is 86.4 Å². The molecule has 0 unspecified atom stereocenters. The lowest BCUT2D eigenvalue weighted by Crippen LogP contribution is -2.53. The smallest absolute Gasteiger partial charge is 0.319 e.